The molecule has 0 atom stereocenters. The van der Waals surface area contributed by atoms with Gasteiger partial charge in [0.05, 0.1) is 23.8 Å². The number of aryl methyl sites for hydroxylation is 1. The van der Waals surface area contributed by atoms with Crippen molar-refractivity contribution in [3.63, 3.8) is 0 Å². The predicted molar refractivity (Wildman–Crippen MR) is 137 cm³/mol. The summed E-state index contributed by atoms with van der Waals surface area (Å²) in [6.07, 6.45) is 0.758. The van der Waals surface area contributed by atoms with Crippen LogP contribution in [-0.4, -0.2) is 21.0 Å². The molecule has 3 heterocycles. The van der Waals surface area contributed by atoms with Crippen molar-refractivity contribution in [2.45, 2.75) is 32.5 Å². The molecular weight excluding hydrogens is 434 g/mol. The van der Waals surface area contributed by atoms with E-state index in [4.69, 9.17) is 9.40 Å². The third-order valence-corrected chi connectivity index (χ3v) is 6.86. The highest BCUT2D eigenvalue weighted by molar-refractivity contribution is 5.77. The van der Waals surface area contributed by atoms with Gasteiger partial charge >= 0.3 is 0 Å². The summed E-state index contributed by atoms with van der Waals surface area (Å²) < 4.78 is 7.91. The molecular formula is C30H27N3O2. The van der Waals surface area contributed by atoms with E-state index in [1.54, 1.807) is 0 Å². The van der Waals surface area contributed by atoms with Gasteiger partial charge in [-0.1, -0.05) is 78.9 Å². The average molecular weight is 462 g/mol. The third kappa shape index (κ3) is 4.08. The normalized spacial score (nSPS) is 13.9. The zero-order valence-electron chi connectivity index (χ0n) is 19.7. The molecule has 1 aliphatic heterocycles. The van der Waals surface area contributed by atoms with E-state index in [1.165, 1.54) is 0 Å². The maximum Gasteiger partial charge on any atom is 0.259 e. The second-order valence-corrected chi connectivity index (χ2v) is 9.19. The van der Waals surface area contributed by atoms with Gasteiger partial charge in [-0.15, -0.1) is 0 Å². The first-order chi connectivity index (χ1) is 17.2. The van der Waals surface area contributed by atoms with Crippen LogP contribution in [0.4, 0.5) is 0 Å². The molecule has 0 unspecified atom stereocenters. The number of aromatic nitrogens is 2. The Balaban J connectivity index is 1.38. The standard InChI is InChI=1S/C30H27N3O2/c1-21-31-27-16-17-32(19-25-18-24-14-8-9-15-28(24)35-25)20-26(27)30(34)33(21)29(22-10-4-2-5-11-22)23-12-6-3-7-13-23/h2-15,18,29H,16-17,19-20H2,1H3. The lowest BCUT2D eigenvalue weighted by Gasteiger charge is -2.30. The summed E-state index contributed by atoms with van der Waals surface area (Å²) >= 11 is 0. The lowest BCUT2D eigenvalue weighted by Crippen LogP contribution is -2.40. The number of fused-ring (bicyclic) bond motifs is 2. The molecule has 5 heteroatoms. The van der Waals surface area contributed by atoms with E-state index in [9.17, 15) is 4.79 Å². The SMILES string of the molecule is Cc1nc2c(c(=O)n1C(c1ccccc1)c1ccccc1)CN(Cc1cc3ccccc3o1)CC2. The van der Waals surface area contributed by atoms with Crippen molar-refractivity contribution in [3.05, 3.63) is 135 Å². The number of benzene rings is 3. The molecule has 0 saturated heterocycles. The summed E-state index contributed by atoms with van der Waals surface area (Å²) in [5.74, 6) is 1.67. The maximum absolute atomic E-state index is 14.0. The summed E-state index contributed by atoms with van der Waals surface area (Å²) in [7, 11) is 0. The number of nitrogens with zero attached hydrogens (tertiary/aromatic N) is 3. The molecule has 0 bridgehead atoms. The molecule has 1 aliphatic rings. The second-order valence-electron chi connectivity index (χ2n) is 9.19. The van der Waals surface area contributed by atoms with Crippen molar-refractivity contribution in [2.24, 2.45) is 0 Å². The van der Waals surface area contributed by atoms with Crippen LogP contribution in [0.15, 0.2) is 100 Å². The van der Waals surface area contributed by atoms with Crippen LogP contribution in [0.25, 0.3) is 11.0 Å². The summed E-state index contributed by atoms with van der Waals surface area (Å²) in [6.45, 7) is 4.03. The highest BCUT2D eigenvalue weighted by Crippen LogP contribution is 2.28. The highest BCUT2D eigenvalue weighted by atomic mass is 16.3. The summed E-state index contributed by atoms with van der Waals surface area (Å²) in [5.41, 5.74) is 4.79. The summed E-state index contributed by atoms with van der Waals surface area (Å²) in [4.78, 5) is 21.3. The minimum Gasteiger partial charge on any atom is -0.460 e. The molecule has 0 saturated carbocycles. The molecule has 0 aliphatic carbocycles. The minimum absolute atomic E-state index is 0.0412. The lowest BCUT2D eigenvalue weighted by atomic mass is 9.97. The first-order valence-corrected chi connectivity index (χ1v) is 12.1. The van der Waals surface area contributed by atoms with Gasteiger partial charge in [0.2, 0.25) is 0 Å². The van der Waals surface area contributed by atoms with E-state index in [0.29, 0.717) is 13.1 Å². The Labute approximate surface area is 204 Å². The van der Waals surface area contributed by atoms with Crippen molar-refractivity contribution in [1.29, 1.82) is 0 Å². The van der Waals surface area contributed by atoms with Gasteiger partial charge in [-0.05, 0) is 30.2 Å². The van der Waals surface area contributed by atoms with Gasteiger partial charge in [-0.3, -0.25) is 14.3 Å². The fourth-order valence-electron chi connectivity index (χ4n) is 5.20. The van der Waals surface area contributed by atoms with Gasteiger partial charge in [-0.2, -0.15) is 0 Å². The van der Waals surface area contributed by atoms with Crippen molar-refractivity contribution in [1.82, 2.24) is 14.5 Å². The number of para-hydroxylation sites is 1. The fourth-order valence-corrected chi connectivity index (χ4v) is 5.20. The van der Waals surface area contributed by atoms with Crippen LogP contribution < -0.4 is 5.56 Å². The third-order valence-electron chi connectivity index (χ3n) is 6.86. The topological polar surface area (TPSA) is 51.3 Å². The average Bonchev–Trinajstić information content (AvgIpc) is 3.30. The predicted octanol–water partition coefficient (Wildman–Crippen LogP) is 5.49. The molecule has 6 rings (SSSR count). The second kappa shape index (κ2) is 9.01. The van der Waals surface area contributed by atoms with Crippen molar-refractivity contribution >= 4 is 11.0 Å². The Morgan fingerprint density at radius 2 is 1.57 bits per heavy atom. The number of rotatable bonds is 5. The van der Waals surface area contributed by atoms with Crippen molar-refractivity contribution in [2.75, 3.05) is 6.54 Å². The molecule has 2 aromatic heterocycles. The monoisotopic (exact) mass is 461 g/mol. The van der Waals surface area contributed by atoms with Crippen LogP contribution in [0.3, 0.4) is 0 Å². The minimum atomic E-state index is -0.228. The molecule has 5 nitrogen and oxygen atoms in total. The Kier molecular flexibility index (Phi) is 5.55. The van der Waals surface area contributed by atoms with Crippen LogP contribution in [0.5, 0.6) is 0 Å². The molecule has 174 valence electrons. The van der Waals surface area contributed by atoms with E-state index < -0.39 is 0 Å². The smallest absolute Gasteiger partial charge is 0.259 e. The van der Waals surface area contributed by atoms with Gasteiger partial charge in [-0.25, -0.2) is 4.98 Å². The van der Waals surface area contributed by atoms with E-state index in [0.717, 1.165) is 57.9 Å². The lowest BCUT2D eigenvalue weighted by molar-refractivity contribution is 0.223. The Morgan fingerprint density at radius 1 is 0.914 bits per heavy atom. The molecule has 0 radical (unpaired) electrons. The Hall–Kier alpha value is -3.96. The van der Waals surface area contributed by atoms with Crippen molar-refractivity contribution in [3.8, 4) is 0 Å². The van der Waals surface area contributed by atoms with Gasteiger partial charge in [0, 0.05) is 24.9 Å². The molecule has 0 spiro atoms. The van der Waals surface area contributed by atoms with Gasteiger partial charge in [0.15, 0.2) is 0 Å². The van der Waals surface area contributed by atoms with Crippen LogP contribution in [0, 0.1) is 6.92 Å². The Bertz CT molecular complexity index is 1460. The molecule has 3 aromatic carbocycles. The fraction of sp³-hybridized carbons (Fsp3) is 0.200. The van der Waals surface area contributed by atoms with Crippen LogP contribution >= 0.6 is 0 Å². The molecule has 0 amide bonds. The summed E-state index contributed by atoms with van der Waals surface area (Å²) in [6, 6.07) is 30.3. The van der Waals surface area contributed by atoms with Gasteiger partial charge in [0.25, 0.3) is 5.56 Å². The summed E-state index contributed by atoms with van der Waals surface area (Å²) in [5, 5.41) is 1.10. The van der Waals surface area contributed by atoms with E-state index >= 15 is 0 Å². The quantitative estimate of drug-likeness (QED) is 0.347. The van der Waals surface area contributed by atoms with Gasteiger partial charge in [0.1, 0.15) is 17.2 Å². The highest BCUT2D eigenvalue weighted by Gasteiger charge is 2.27. The van der Waals surface area contributed by atoms with E-state index in [-0.39, 0.29) is 11.6 Å². The molecule has 0 fully saturated rings. The largest absolute Gasteiger partial charge is 0.460 e. The number of hydrogen-bond donors (Lipinski definition) is 0. The zero-order chi connectivity index (χ0) is 23.8. The van der Waals surface area contributed by atoms with Crippen LogP contribution in [0.2, 0.25) is 0 Å². The zero-order valence-corrected chi connectivity index (χ0v) is 19.7. The maximum atomic E-state index is 14.0. The number of furan rings is 1. The first kappa shape index (κ1) is 21.6. The Morgan fingerprint density at radius 3 is 2.26 bits per heavy atom. The molecule has 0 N–H and O–H groups in total. The van der Waals surface area contributed by atoms with Crippen LogP contribution in [-0.2, 0) is 19.5 Å². The van der Waals surface area contributed by atoms with Crippen LogP contribution in [0.1, 0.15) is 40.0 Å². The van der Waals surface area contributed by atoms with Crippen molar-refractivity contribution < 1.29 is 4.42 Å². The number of hydrogen-bond acceptors (Lipinski definition) is 4. The molecule has 5 aromatic rings. The van der Waals surface area contributed by atoms with E-state index in [1.807, 2.05) is 66.1 Å². The molecule has 35 heavy (non-hydrogen) atoms. The first-order valence-electron chi connectivity index (χ1n) is 12.1. The van der Waals surface area contributed by atoms with Gasteiger partial charge < -0.3 is 4.42 Å². The van der Waals surface area contributed by atoms with E-state index in [2.05, 4.69) is 41.3 Å².